The molecule has 5 heterocycles. The van der Waals surface area contributed by atoms with Gasteiger partial charge in [0.05, 0.1) is 23.5 Å². The molecule has 0 unspecified atom stereocenters. The molecule has 1 saturated heterocycles. The minimum Gasteiger partial charge on any atom is -0.443 e. The Kier molecular flexibility index (Phi) is 5.90. The van der Waals surface area contributed by atoms with Gasteiger partial charge >= 0.3 is 6.09 Å². The summed E-state index contributed by atoms with van der Waals surface area (Å²) in [5.41, 5.74) is 3.60. The number of aliphatic hydroxyl groups is 1. The van der Waals surface area contributed by atoms with Crippen molar-refractivity contribution >= 4 is 35.0 Å². The van der Waals surface area contributed by atoms with Crippen molar-refractivity contribution in [2.24, 2.45) is 0 Å². The highest BCUT2D eigenvalue weighted by Crippen LogP contribution is 2.40. The Morgan fingerprint density at radius 3 is 2.89 bits per heavy atom. The number of amides is 1. The number of carbonyl (C=O) groups is 1. The lowest BCUT2D eigenvalue weighted by Crippen LogP contribution is -2.26. The smallest absolute Gasteiger partial charge is 0.413 e. The molecule has 11 heteroatoms. The van der Waals surface area contributed by atoms with E-state index in [-0.39, 0.29) is 18.5 Å². The van der Waals surface area contributed by atoms with Crippen LogP contribution in [0.5, 0.6) is 0 Å². The van der Waals surface area contributed by atoms with Gasteiger partial charge in [0.25, 0.3) is 0 Å². The number of nitrogens with one attached hydrogen (secondary N) is 1. The predicted molar refractivity (Wildman–Crippen MR) is 133 cm³/mol. The maximum absolute atomic E-state index is 12.3. The number of ether oxygens (including phenoxy) is 1. The molecular formula is C25H24ClN7O3. The number of imidazole rings is 1. The summed E-state index contributed by atoms with van der Waals surface area (Å²) in [6.45, 7) is 0.369. The van der Waals surface area contributed by atoms with Crippen LogP contribution in [-0.2, 0) is 11.3 Å². The number of anilines is 2. The zero-order valence-corrected chi connectivity index (χ0v) is 20.0. The predicted octanol–water partition coefficient (Wildman–Crippen LogP) is 4.11. The maximum Gasteiger partial charge on any atom is 0.413 e. The minimum atomic E-state index is -0.675. The number of halogens is 1. The minimum absolute atomic E-state index is 0.0267. The Labute approximate surface area is 211 Å². The van der Waals surface area contributed by atoms with Gasteiger partial charge in [-0.25, -0.2) is 19.7 Å². The molecule has 0 radical (unpaired) electrons. The number of aliphatic hydroxyl groups excluding tert-OH is 1. The molecule has 10 nitrogen and oxygen atoms in total. The summed E-state index contributed by atoms with van der Waals surface area (Å²) in [7, 11) is 0. The first kappa shape index (κ1) is 22.7. The van der Waals surface area contributed by atoms with Gasteiger partial charge in [-0.2, -0.15) is 0 Å². The van der Waals surface area contributed by atoms with E-state index in [1.54, 1.807) is 24.4 Å². The summed E-state index contributed by atoms with van der Waals surface area (Å²) in [6, 6.07) is 8.97. The van der Waals surface area contributed by atoms with Crippen LogP contribution in [0.25, 0.3) is 5.65 Å². The van der Waals surface area contributed by atoms with Crippen molar-refractivity contribution in [1.29, 1.82) is 0 Å². The summed E-state index contributed by atoms with van der Waals surface area (Å²) < 4.78 is 7.29. The summed E-state index contributed by atoms with van der Waals surface area (Å²) >= 11 is 5.94. The second-order valence-corrected chi connectivity index (χ2v) is 9.59. The highest BCUT2D eigenvalue weighted by molar-refractivity contribution is 6.30. The molecule has 2 atom stereocenters. The molecule has 1 aliphatic heterocycles. The summed E-state index contributed by atoms with van der Waals surface area (Å²) in [5, 5.41) is 13.6. The summed E-state index contributed by atoms with van der Waals surface area (Å²) in [6.07, 6.45) is 8.91. The van der Waals surface area contributed by atoms with Gasteiger partial charge in [0.1, 0.15) is 30.2 Å². The van der Waals surface area contributed by atoms with Crippen molar-refractivity contribution in [2.45, 2.75) is 43.9 Å². The molecule has 0 bridgehead atoms. The topological polar surface area (TPSA) is 118 Å². The fourth-order valence-corrected chi connectivity index (χ4v) is 4.76. The number of β-amino-alcohol motifs (C(OH)–C–C–N with tert-alkyl or cyclic N) is 1. The fraction of sp³-hybridized carbons (Fsp3) is 0.320. The number of aromatic nitrogens is 5. The SMILES string of the molecule is O=C(Nc1cc(N2C[C@@H](O)C[C@@H]2c2cn3cc(C4CC4)ccc3n2)ncn1)OCc1cc(Cl)ccn1. The molecule has 1 aliphatic carbocycles. The summed E-state index contributed by atoms with van der Waals surface area (Å²) in [4.78, 5) is 31.7. The Morgan fingerprint density at radius 1 is 1.17 bits per heavy atom. The average molecular weight is 506 g/mol. The molecule has 184 valence electrons. The molecule has 2 N–H and O–H groups in total. The number of carbonyl (C=O) groups excluding carboxylic acids is 1. The van der Waals surface area contributed by atoms with E-state index in [1.807, 2.05) is 17.2 Å². The van der Waals surface area contributed by atoms with E-state index < -0.39 is 12.2 Å². The first-order valence-corrected chi connectivity index (χ1v) is 12.2. The average Bonchev–Trinajstić information content (AvgIpc) is 3.52. The first-order chi connectivity index (χ1) is 17.5. The van der Waals surface area contributed by atoms with Crippen molar-refractivity contribution < 1.29 is 14.6 Å². The van der Waals surface area contributed by atoms with Gasteiger partial charge in [-0.1, -0.05) is 17.7 Å². The monoisotopic (exact) mass is 505 g/mol. The van der Waals surface area contributed by atoms with E-state index in [2.05, 4.69) is 36.9 Å². The van der Waals surface area contributed by atoms with E-state index in [0.717, 1.165) is 11.3 Å². The third-order valence-electron chi connectivity index (χ3n) is 6.47. The third kappa shape index (κ3) is 4.82. The molecule has 2 fully saturated rings. The van der Waals surface area contributed by atoms with Gasteiger partial charge in [0.2, 0.25) is 0 Å². The van der Waals surface area contributed by atoms with Crippen LogP contribution in [0.15, 0.2) is 55.2 Å². The zero-order chi connectivity index (χ0) is 24.6. The van der Waals surface area contributed by atoms with Crippen LogP contribution in [0.2, 0.25) is 5.02 Å². The van der Waals surface area contributed by atoms with Gasteiger partial charge in [-0.3, -0.25) is 10.3 Å². The van der Waals surface area contributed by atoms with Gasteiger partial charge in [0, 0.05) is 42.6 Å². The number of hydrogen-bond donors (Lipinski definition) is 2. The molecular weight excluding hydrogens is 482 g/mol. The molecule has 0 spiro atoms. The van der Waals surface area contributed by atoms with Crippen LogP contribution in [0.4, 0.5) is 16.4 Å². The maximum atomic E-state index is 12.3. The van der Waals surface area contributed by atoms with E-state index in [9.17, 15) is 9.90 Å². The van der Waals surface area contributed by atoms with Crippen molar-refractivity contribution in [3.8, 4) is 0 Å². The molecule has 6 rings (SSSR count). The van der Waals surface area contributed by atoms with Gasteiger partial charge in [-0.05, 0) is 42.5 Å². The van der Waals surface area contributed by atoms with Crippen LogP contribution in [0.1, 0.15) is 48.2 Å². The Bertz CT molecular complexity index is 1420. The molecule has 1 saturated carbocycles. The largest absolute Gasteiger partial charge is 0.443 e. The zero-order valence-electron chi connectivity index (χ0n) is 19.3. The lowest BCUT2D eigenvalue weighted by Gasteiger charge is -2.24. The third-order valence-corrected chi connectivity index (χ3v) is 6.70. The molecule has 2 aliphatic rings. The van der Waals surface area contributed by atoms with Crippen molar-refractivity contribution in [2.75, 3.05) is 16.8 Å². The first-order valence-electron chi connectivity index (χ1n) is 11.8. The van der Waals surface area contributed by atoms with Crippen LogP contribution in [-0.4, -0.2) is 48.2 Å². The second kappa shape index (κ2) is 9.36. The van der Waals surface area contributed by atoms with Gasteiger partial charge < -0.3 is 19.1 Å². The van der Waals surface area contributed by atoms with Crippen molar-refractivity contribution in [1.82, 2.24) is 24.3 Å². The van der Waals surface area contributed by atoms with Crippen molar-refractivity contribution in [3.63, 3.8) is 0 Å². The van der Waals surface area contributed by atoms with E-state index in [1.165, 1.54) is 24.7 Å². The summed E-state index contributed by atoms with van der Waals surface area (Å²) in [5.74, 6) is 1.52. The van der Waals surface area contributed by atoms with E-state index >= 15 is 0 Å². The normalized spacial score (nSPS) is 19.6. The second-order valence-electron chi connectivity index (χ2n) is 9.15. The standard InChI is InChI=1S/C25H24ClN7O3/c26-17-5-6-27-18(7-17)13-36-25(35)31-22-9-24(29-14-28-22)33-11-19(34)8-21(33)20-12-32-10-16(15-1-2-15)3-4-23(32)30-20/h3-7,9-10,12,14-15,19,21,34H,1-2,8,11,13H2,(H,28,29,31,35)/t19-,21+/m0/s1. The van der Waals surface area contributed by atoms with E-state index in [0.29, 0.717) is 35.4 Å². The lowest BCUT2D eigenvalue weighted by atomic mass is 10.1. The molecule has 4 aromatic heterocycles. The van der Waals surface area contributed by atoms with Gasteiger partial charge in [-0.15, -0.1) is 0 Å². The molecule has 0 aromatic carbocycles. The number of nitrogens with zero attached hydrogens (tertiary/aromatic N) is 6. The van der Waals surface area contributed by atoms with Gasteiger partial charge in [0.15, 0.2) is 0 Å². The number of hydrogen-bond acceptors (Lipinski definition) is 8. The highest BCUT2D eigenvalue weighted by Gasteiger charge is 2.35. The number of fused-ring (bicyclic) bond motifs is 1. The Morgan fingerprint density at radius 2 is 2.06 bits per heavy atom. The van der Waals surface area contributed by atoms with E-state index in [4.69, 9.17) is 21.3 Å². The highest BCUT2D eigenvalue weighted by atomic mass is 35.5. The van der Waals surface area contributed by atoms with Crippen LogP contribution >= 0.6 is 11.6 Å². The number of rotatable bonds is 6. The van der Waals surface area contributed by atoms with Crippen molar-refractivity contribution in [3.05, 3.63) is 77.2 Å². The molecule has 36 heavy (non-hydrogen) atoms. The van der Waals surface area contributed by atoms with Crippen LogP contribution < -0.4 is 10.2 Å². The Balaban J connectivity index is 1.17. The fourth-order valence-electron chi connectivity index (χ4n) is 4.58. The number of pyridine rings is 2. The Hall–Kier alpha value is -3.76. The van der Waals surface area contributed by atoms with Crippen LogP contribution in [0, 0.1) is 0 Å². The molecule has 1 amide bonds. The lowest BCUT2D eigenvalue weighted by molar-refractivity contribution is 0.153. The molecule has 4 aromatic rings. The quantitative estimate of drug-likeness (QED) is 0.402. The van der Waals surface area contributed by atoms with Crippen LogP contribution in [0.3, 0.4) is 0 Å².